The molecule has 3 aliphatic rings. The fourth-order valence-corrected chi connectivity index (χ4v) is 2.59. The molecule has 78 valence electrons. The quantitative estimate of drug-likeness (QED) is 0.611. The molecule has 14 heavy (non-hydrogen) atoms. The van der Waals surface area contributed by atoms with Crippen molar-refractivity contribution in [1.29, 1.82) is 0 Å². The second-order valence-electron chi connectivity index (χ2n) is 4.05. The number of fused-ring (bicyclic) bond motifs is 5. The van der Waals surface area contributed by atoms with Crippen LogP contribution < -0.4 is 5.32 Å². The average Bonchev–Trinajstić information content (AvgIpc) is 2.68. The zero-order chi connectivity index (χ0) is 9.71. The smallest absolute Gasteiger partial charge is 0.272 e. The Hall–Kier alpha value is -0.490. The first kappa shape index (κ1) is 8.79. The van der Waals surface area contributed by atoms with Gasteiger partial charge in [-0.25, -0.2) is 0 Å². The van der Waals surface area contributed by atoms with Crippen LogP contribution in [-0.4, -0.2) is 43.7 Å². The van der Waals surface area contributed by atoms with E-state index >= 15 is 0 Å². The van der Waals surface area contributed by atoms with Crippen molar-refractivity contribution in [3.8, 4) is 0 Å². The van der Waals surface area contributed by atoms with E-state index in [1.54, 1.807) is 7.11 Å². The lowest BCUT2D eigenvalue weighted by molar-refractivity contribution is -0.235. The van der Waals surface area contributed by atoms with Gasteiger partial charge in [0.2, 0.25) is 0 Å². The number of nitrogens with one attached hydrogen (secondary N) is 1. The van der Waals surface area contributed by atoms with E-state index < -0.39 is 6.48 Å². The molecular weight excluding hydrogens is 186 g/mol. The zero-order valence-electron chi connectivity index (χ0n) is 7.93. The zero-order valence-corrected chi connectivity index (χ0v) is 7.93. The van der Waals surface area contributed by atoms with Gasteiger partial charge in [-0.05, 0) is 0 Å². The largest absolute Gasteiger partial charge is 0.333 e. The molecule has 5 nitrogen and oxygen atoms in total. The lowest BCUT2D eigenvalue weighted by Crippen LogP contribution is -2.43. The van der Waals surface area contributed by atoms with Gasteiger partial charge in [-0.2, -0.15) is 0 Å². The van der Waals surface area contributed by atoms with Gasteiger partial charge in [0.1, 0.15) is 18.0 Å². The van der Waals surface area contributed by atoms with Crippen molar-refractivity contribution in [2.45, 2.75) is 43.6 Å². The minimum absolute atomic E-state index is 0.0172. The number of rotatable bonds is 1. The molecule has 0 amide bonds. The van der Waals surface area contributed by atoms with E-state index in [1.165, 1.54) is 0 Å². The van der Waals surface area contributed by atoms with Crippen LogP contribution in [0.25, 0.3) is 0 Å². The molecule has 0 aromatic carbocycles. The lowest BCUT2D eigenvalue weighted by Gasteiger charge is -2.23. The van der Waals surface area contributed by atoms with Crippen LogP contribution in [0.4, 0.5) is 0 Å². The number of methoxy groups -OCH3 is 1. The summed E-state index contributed by atoms with van der Waals surface area (Å²) in [6.45, 7) is -0.551. The van der Waals surface area contributed by atoms with Crippen LogP contribution in [-0.2, 0) is 19.0 Å². The van der Waals surface area contributed by atoms with Crippen molar-refractivity contribution < 1.29 is 19.0 Å². The highest BCUT2D eigenvalue weighted by Gasteiger charge is 2.54. The molecule has 1 N–H and O–H groups in total. The van der Waals surface area contributed by atoms with Gasteiger partial charge in [-0.1, -0.05) is 0 Å². The van der Waals surface area contributed by atoms with Gasteiger partial charge in [0.25, 0.3) is 6.48 Å². The summed E-state index contributed by atoms with van der Waals surface area (Å²) in [5.41, 5.74) is 0. The highest BCUT2D eigenvalue weighted by Crippen LogP contribution is 2.35. The number of piperidine rings is 1. The molecule has 0 spiro atoms. The Morgan fingerprint density at radius 2 is 1.86 bits per heavy atom. The Morgan fingerprint density at radius 1 is 1.29 bits per heavy atom. The minimum atomic E-state index is -0.551. The van der Waals surface area contributed by atoms with Gasteiger partial charge >= 0.3 is 0 Å². The number of hydrogen-bond donors (Lipinski definition) is 1. The van der Waals surface area contributed by atoms with Crippen molar-refractivity contribution in [3.63, 3.8) is 0 Å². The molecule has 4 unspecified atom stereocenters. The maximum absolute atomic E-state index is 11.3. The second kappa shape index (κ2) is 3.00. The predicted octanol–water partition coefficient (Wildman–Crippen LogP) is -0.596. The molecule has 0 radical (unpaired) electrons. The molecular formula is C9H13NO4. The molecule has 0 aromatic heterocycles. The monoisotopic (exact) mass is 199 g/mol. The topological polar surface area (TPSA) is 56.8 Å². The molecule has 3 aliphatic heterocycles. The number of Topliss-reactive ketones (excluding diaryl/α,β-unsaturated/α-hetero) is 1. The normalized spacial score (nSPS) is 50.9. The Balaban J connectivity index is 1.80. The van der Waals surface area contributed by atoms with Crippen LogP contribution in [0.5, 0.6) is 0 Å². The van der Waals surface area contributed by atoms with Crippen LogP contribution in [0.1, 0.15) is 12.8 Å². The maximum Gasteiger partial charge on any atom is 0.272 e. The van der Waals surface area contributed by atoms with E-state index in [1.807, 2.05) is 0 Å². The van der Waals surface area contributed by atoms with E-state index in [0.717, 1.165) is 0 Å². The first-order valence-corrected chi connectivity index (χ1v) is 4.89. The molecule has 3 heterocycles. The standard InChI is InChI=1S/C9H13NO4/c1-12-9-13-7-5-2-4(11)3-6(10-5)8(7)14-9/h5-10H,2-3H2,1H3. The summed E-state index contributed by atoms with van der Waals surface area (Å²) in [6.07, 6.45) is 1.07. The molecule has 3 fully saturated rings. The minimum Gasteiger partial charge on any atom is -0.333 e. The summed E-state index contributed by atoms with van der Waals surface area (Å²) in [4.78, 5) is 11.3. The van der Waals surface area contributed by atoms with Gasteiger partial charge in [-0.3, -0.25) is 4.79 Å². The van der Waals surface area contributed by atoms with Crippen LogP contribution >= 0.6 is 0 Å². The number of carbonyl (C=O) groups is 1. The van der Waals surface area contributed by atoms with Crippen molar-refractivity contribution >= 4 is 5.78 Å². The summed E-state index contributed by atoms with van der Waals surface area (Å²) in [7, 11) is 1.56. The number of ether oxygens (including phenoxy) is 3. The van der Waals surface area contributed by atoms with Crippen molar-refractivity contribution in [2.24, 2.45) is 0 Å². The second-order valence-corrected chi connectivity index (χ2v) is 4.05. The summed E-state index contributed by atoms with van der Waals surface area (Å²) in [5.74, 6) is 0.300. The third-order valence-corrected chi connectivity index (χ3v) is 3.17. The van der Waals surface area contributed by atoms with Crippen molar-refractivity contribution in [3.05, 3.63) is 0 Å². The van der Waals surface area contributed by atoms with Gasteiger partial charge in [-0.15, -0.1) is 0 Å². The molecule has 0 aromatic rings. The molecule has 3 rings (SSSR count). The van der Waals surface area contributed by atoms with E-state index in [-0.39, 0.29) is 24.3 Å². The van der Waals surface area contributed by atoms with Gasteiger partial charge in [0, 0.05) is 32.0 Å². The van der Waals surface area contributed by atoms with Crippen LogP contribution in [0, 0.1) is 0 Å². The summed E-state index contributed by atoms with van der Waals surface area (Å²) in [5, 5.41) is 3.34. The van der Waals surface area contributed by atoms with Crippen LogP contribution in [0.2, 0.25) is 0 Å². The molecule has 5 heteroatoms. The van der Waals surface area contributed by atoms with Crippen molar-refractivity contribution in [1.82, 2.24) is 5.32 Å². The number of ketones is 1. The van der Waals surface area contributed by atoms with E-state index in [9.17, 15) is 4.79 Å². The number of carbonyl (C=O) groups excluding carboxylic acids is 1. The lowest BCUT2D eigenvalue weighted by atomic mass is 10.0. The first-order valence-electron chi connectivity index (χ1n) is 4.89. The van der Waals surface area contributed by atoms with Crippen LogP contribution in [0.15, 0.2) is 0 Å². The Kier molecular flexibility index (Phi) is 1.88. The molecule has 4 atom stereocenters. The predicted molar refractivity (Wildman–Crippen MR) is 45.5 cm³/mol. The Morgan fingerprint density at radius 3 is 2.36 bits per heavy atom. The maximum atomic E-state index is 11.3. The number of hydrogen-bond acceptors (Lipinski definition) is 5. The summed E-state index contributed by atoms with van der Waals surface area (Å²) >= 11 is 0. The third kappa shape index (κ3) is 1.13. The highest BCUT2D eigenvalue weighted by molar-refractivity contribution is 5.81. The SMILES string of the molecule is COC1OC2C3CC(=O)CC(N3)C2O1. The first-order chi connectivity index (χ1) is 6.78. The van der Waals surface area contributed by atoms with Crippen LogP contribution in [0.3, 0.4) is 0 Å². The van der Waals surface area contributed by atoms with Gasteiger partial charge in [0.05, 0.1) is 0 Å². The third-order valence-electron chi connectivity index (χ3n) is 3.17. The molecule has 2 bridgehead atoms. The van der Waals surface area contributed by atoms with Crippen molar-refractivity contribution in [2.75, 3.05) is 7.11 Å². The molecule has 0 aliphatic carbocycles. The Labute approximate surface area is 81.7 Å². The van der Waals surface area contributed by atoms with Gasteiger partial charge in [0.15, 0.2) is 0 Å². The summed E-state index contributed by atoms with van der Waals surface area (Å²) < 4.78 is 16.1. The molecule has 0 saturated carbocycles. The van der Waals surface area contributed by atoms with Gasteiger partial charge < -0.3 is 19.5 Å². The highest BCUT2D eigenvalue weighted by atomic mass is 16.9. The molecule has 3 saturated heterocycles. The average molecular weight is 199 g/mol. The van der Waals surface area contributed by atoms with E-state index in [2.05, 4.69) is 5.32 Å². The fourth-order valence-electron chi connectivity index (χ4n) is 2.59. The Bertz CT molecular complexity index is 248. The fraction of sp³-hybridized carbons (Fsp3) is 0.889. The van der Waals surface area contributed by atoms with E-state index in [0.29, 0.717) is 18.6 Å². The van der Waals surface area contributed by atoms with E-state index in [4.69, 9.17) is 14.2 Å². The summed E-state index contributed by atoms with van der Waals surface area (Å²) in [6, 6.07) is 0.234.